The summed E-state index contributed by atoms with van der Waals surface area (Å²) in [5, 5.41) is 2.68. The number of carbonyl (C=O) groups is 1. The summed E-state index contributed by atoms with van der Waals surface area (Å²) in [7, 11) is 0. The highest BCUT2D eigenvalue weighted by Crippen LogP contribution is 2.37. The number of alkyl halides is 3. The lowest BCUT2D eigenvalue weighted by Gasteiger charge is -2.10. The van der Waals surface area contributed by atoms with Crippen molar-refractivity contribution >= 4 is 11.6 Å². The number of hydrogen-bond acceptors (Lipinski definition) is 2. The van der Waals surface area contributed by atoms with E-state index < -0.39 is 17.6 Å². The van der Waals surface area contributed by atoms with Crippen LogP contribution in [0.25, 0.3) is 11.3 Å². The molecule has 0 atom stereocenters. The number of amides is 1. The Bertz CT molecular complexity index is 958. The molecule has 3 aromatic rings. The number of aryl methyl sites for hydroxylation is 2. The fraction of sp³-hybridized carbons (Fsp3) is 0.150. The average Bonchev–Trinajstić information content (AvgIpc) is 3.07. The minimum absolute atomic E-state index is 0.0110. The van der Waals surface area contributed by atoms with E-state index >= 15 is 0 Å². The summed E-state index contributed by atoms with van der Waals surface area (Å²) in [5.41, 5.74) is 1.78. The monoisotopic (exact) mass is 359 g/mol. The van der Waals surface area contributed by atoms with Gasteiger partial charge in [0.1, 0.15) is 5.76 Å². The highest BCUT2D eigenvalue weighted by molar-refractivity contribution is 6.02. The van der Waals surface area contributed by atoms with Crippen LogP contribution in [0.3, 0.4) is 0 Å². The SMILES string of the molecule is Cc1ccc(NC(=O)c2ccc(-c3ccccc3C(F)(F)F)o2)cc1C. The number of halogens is 3. The van der Waals surface area contributed by atoms with E-state index in [1.54, 1.807) is 6.07 Å². The summed E-state index contributed by atoms with van der Waals surface area (Å²) in [4.78, 5) is 12.3. The summed E-state index contributed by atoms with van der Waals surface area (Å²) in [6, 6.07) is 13.2. The van der Waals surface area contributed by atoms with Gasteiger partial charge in [0, 0.05) is 11.3 Å². The second-order valence-electron chi connectivity index (χ2n) is 5.96. The molecule has 0 bridgehead atoms. The smallest absolute Gasteiger partial charge is 0.417 e. The third-order valence-corrected chi connectivity index (χ3v) is 4.09. The van der Waals surface area contributed by atoms with Crippen molar-refractivity contribution in [3.8, 4) is 11.3 Å². The fourth-order valence-corrected chi connectivity index (χ4v) is 2.56. The van der Waals surface area contributed by atoms with Crippen molar-refractivity contribution in [3.05, 3.63) is 77.0 Å². The average molecular weight is 359 g/mol. The fourth-order valence-electron chi connectivity index (χ4n) is 2.56. The zero-order valence-electron chi connectivity index (χ0n) is 14.1. The van der Waals surface area contributed by atoms with Crippen molar-refractivity contribution < 1.29 is 22.4 Å². The maximum Gasteiger partial charge on any atom is 0.417 e. The Labute approximate surface area is 148 Å². The molecule has 0 aliphatic carbocycles. The van der Waals surface area contributed by atoms with Crippen molar-refractivity contribution in [3.63, 3.8) is 0 Å². The van der Waals surface area contributed by atoms with Gasteiger partial charge in [-0.1, -0.05) is 24.3 Å². The van der Waals surface area contributed by atoms with Gasteiger partial charge in [-0.25, -0.2) is 0 Å². The van der Waals surface area contributed by atoms with Crippen LogP contribution in [0.5, 0.6) is 0 Å². The molecule has 134 valence electrons. The number of nitrogens with one attached hydrogen (secondary N) is 1. The van der Waals surface area contributed by atoms with Gasteiger partial charge >= 0.3 is 6.18 Å². The van der Waals surface area contributed by atoms with Crippen LogP contribution in [0, 0.1) is 13.8 Å². The molecule has 1 N–H and O–H groups in total. The summed E-state index contributed by atoms with van der Waals surface area (Å²) in [6.07, 6.45) is -4.51. The number of benzene rings is 2. The van der Waals surface area contributed by atoms with Gasteiger partial charge in [-0.15, -0.1) is 0 Å². The molecule has 1 aromatic heterocycles. The highest BCUT2D eigenvalue weighted by Gasteiger charge is 2.34. The van der Waals surface area contributed by atoms with Crippen LogP contribution in [0.4, 0.5) is 18.9 Å². The Hall–Kier alpha value is -3.02. The zero-order valence-corrected chi connectivity index (χ0v) is 14.1. The first-order valence-electron chi connectivity index (χ1n) is 7.91. The molecular formula is C20H16F3NO2. The van der Waals surface area contributed by atoms with Gasteiger partial charge in [-0.2, -0.15) is 13.2 Å². The van der Waals surface area contributed by atoms with E-state index in [0.29, 0.717) is 5.69 Å². The predicted molar refractivity (Wildman–Crippen MR) is 93.0 cm³/mol. The standard InChI is InChI=1S/C20H16F3NO2/c1-12-7-8-14(11-13(12)2)24-19(25)18-10-9-17(26-18)15-5-3-4-6-16(15)20(21,22)23/h3-11H,1-2H3,(H,24,25). The molecule has 2 aromatic carbocycles. The predicted octanol–water partition coefficient (Wildman–Crippen LogP) is 5.83. The van der Waals surface area contributed by atoms with Crippen molar-refractivity contribution in [2.75, 3.05) is 5.32 Å². The van der Waals surface area contributed by atoms with Gasteiger partial charge in [0.25, 0.3) is 5.91 Å². The maximum absolute atomic E-state index is 13.1. The van der Waals surface area contributed by atoms with Crippen LogP contribution in [0.1, 0.15) is 27.2 Å². The number of carbonyl (C=O) groups excluding carboxylic acids is 1. The van der Waals surface area contributed by atoms with E-state index in [-0.39, 0.29) is 17.1 Å². The molecule has 3 rings (SSSR count). The molecular weight excluding hydrogens is 343 g/mol. The number of hydrogen-bond donors (Lipinski definition) is 1. The Balaban J connectivity index is 1.86. The van der Waals surface area contributed by atoms with Gasteiger partial charge in [0.15, 0.2) is 5.76 Å². The van der Waals surface area contributed by atoms with Gasteiger partial charge in [0.2, 0.25) is 0 Å². The first-order valence-corrected chi connectivity index (χ1v) is 7.91. The Kier molecular flexibility index (Phi) is 4.59. The molecule has 0 unspecified atom stereocenters. The number of rotatable bonds is 3. The lowest BCUT2D eigenvalue weighted by atomic mass is 10.1. The molecule has 1 amide bonds. The molecule has 6 heteroatoms. The van der Waals surface area contributed by atoms with Gasteiger partial charge in [-0.3, -0.25) is 4.79 Å². The Morgan fingerprint density at radius 1 is 0.962 bits per heavy atom. The van der Waals surface area contributed by atoms with E-state index in [0.717, 1.165) is 17.2 Å². The maximum atomic E-state index is 13.1. The van der Waals surface area contributed by atoms with E-state index in [2.05, 4.69) is 5.32 Å². The van der Waals surface area contributed by atoms with Crippen LogP contribution in [-0.2, 0) is 6.18 Å². The number of anilines is 1. The molecule has 0 aliphatic rings. The molecule has 1 heterocycles. The van der Waals surface area contributed by atoms with Crippen molar-refractivity contribution in [1.29, 1.82) is 0 Å². The van der Waals surface area contributed by atoms with Crippen LogP contribution < -0.4 is 5.32 Å². The molecule has 0 fully saturated rings. The van der Waals surface area contributed by atoms with Gasteiger partial charge in [-0.05, 0) is 55.3 Å². The van der Waals surface area contributed by atoms with Gasteiger partial charge < -0.3 is 9.73 Å². The van der Waals surface area contributed by atoms with Crippen molar-refractivity contribution in [2.24, 2.45) is 0 Å². The van der Waals surface area contributed by atoms with Crippen LogP contribution in [0.2, 0.25) is 0 Å². The van der Waals surface area contributed by atoms with E-state index in [9.17, 15) is 18.0 Å². The molecule has 26 heavy (non-hydrogen) atoms. The molecule has 0 spiro atoms. The second kappa shape index (κ2) is 6.71. The summed E-state index contributed by atoms with van der Waals surface area (Å²) >= 11 is 0. The third kappa shape index (κ3) is 3.64. The summed E-state index contributed by atoms with van der Waals surface area (Å²) < 4.78 is 44.8. The zero-order chi connectivity index (χ0) is 18.9. The Morgan fingerprint density at radius 3 is 2.38 bits per heavy atom. The third-order valence-electron chi connectivity index (χ3n) is 4.09. The van der Waals surface area contributed by atoms with Crippen LogP contribution in [-0.4, -0.2) is 5.91 Å². The van der Waals surface area contributed by atoms with Crippen LogP contribution in [0.15, 0.2) is 59.0 Å². The summed E-state index contributed by atoms with van der Waals surface area (Å²) in [5.74, 6) is -0.595. The lowest BCUT2D eigenvalue weighted by Crippen LogP contribution is -2.11. The minimum Gasteiger partial charge on any atom is -0.451 e. The van der Waals surface area contributed by atoms with Gasteiger partial charge in [0.05, 0.1) is 5.56 Å². The normalized spacial score (nSPS) is 11.4. The van der Waals surface area contributed by atoms with Crippen molar-refractivity contribution in [1.82, 2.24) is 0 Å². The quantitative estimate of drug-likeness (QED) is 0.639. The molecule has 0 radical (unpaired) electrons. The number of furan rings is 1. The second-order valence-corrected chi connectivity index (χ2v) is 5.96. The largest absolute Gasteiger partial charge is 0.451 e. The molecule has 0 saturated carbocycles. The first kappa shape index (κ1) is 17.8. The molecule has 3 nitrogen and oxygen atoms in total. The highest BCUT2D eigenvalue weighted by atomic mass is 19.4. The van der Waals surface area contributed by atoms with E-state index in [1.807, 2.05) is 26.0 Å². The first-order chi connectivity index (χ1) is 12.3. The van der Waals surface area contributed by atoms with E-state index in [4.69, 9.17) is 4.42 Å². The van der Waals surface area contributed by atoms with Crippen molar-refractivity contribution in [2.45, 2.75) is 20.0 Å². The van der Waals surface area contributed by atoms with Crippen LogP contribution >= 0.6 is 0 Å². The minimum atomic E-state index is -4.51. The molecule has 0 aliphatic heterocycles. The summed E-state index contributed by atoms with van der Waals surface area (Å²) in [6.45, 7) is 3.88. The topological polar surface area (TPSA) is 42.2 Å². The molecule has 0 saturated heterocycles. The Morgan fingerprint density at radius 2 is 1.69 bits per heavy atom. The van der Waals surface area contributed by atoms with E-state index in [1.165, 1.54) is 30.3 Å². The lowest BCUT2D eigenvalue weighted by molar-refractivity contribution is -0.137.